The minimum atomic E-state index is -0.727. The second-order valence-corrected chi connectivity index (χ2v) is 10.1. The molecule has 1 aromatic carbocycles. The van der Waals surface area contributed by atoms with Crippen LogP contribution in [0.15, 0.2) is 29.4 Å². The molecule has 0 bridgehead atoms. The number of urea groups is 1. The number of methoxy groups -OCH3 is 1. The van der Waals surface area contributed by atoms with Crippen molar-refractivity contribution in [2.45, 2.75) is 62.9 Å². The van der Waals surface area contributed by atoms with Gasteiger partial charge in [-0.2, -0.15) is 10.2 Å². The van der Waals surface area contributed by atoms with Gasteiger partial charge in [0.2, 0.25) is 0 Å². The normalized spacial score (nSPS) is 22.1. The SMILES string of the molecule is COc1ccccc1C=NN1C(=S)SC(C)(C)C1N(O)C(=O)NC1CCCCC1. The monoisotopic (exact) mass is 436 g/mol. The van der Waals surface area contributed by atoms with Crippen molar-refractivity contribution in [2.24, 2.45) is 5.10 Å². The summed E-state index contributed by atoms with van der Waals surface area (Å²) < 4.78 is 5.32. The maximum absolute atomic E-state index is 12.7. The summed E-state index contributed by atoms with van der Waals surface area (Å²) in [5.41, 5.74) is 0.780. The summed E-state index contributed by atoms with van der Waals surface area (Å²) in [5.74, 6) is 0.681. The molecule has 1 saturated heterocycles. The number of hydroxylamine groups is 2. The molecule has 2 aliphatic rings. The standard InChI is InChI=1S/C20H28N4O3S2/c1-20(2)17(24(26)18(25)22-15-10-5-4-6-11-15)23(19(28)29-20)21-13-14-9-7-8-12-16(14)27-3/h7-9,12-13,15,17,26H,4-6,10-11H2,1-3H3,(H,22,25). The molecular weight excluding hydrogens is 408 g/mol. The van der Waals surface area contributed by atoms with E-state index in [-0.39, 0.29) is 6.04 Å². The molecule has 1 atom stereocenters. The quantitative estimate of drug-likeness (QED) is 0.312. The fourth-order valence-corrected chi connectivity index (χ4v) is 5.51. The van der Waals surface area contributed by atoms with Gasteiger partial charge >= 0.3 is 6.03 Å². The molecule has 1 saturated carbocycles. The molecule has 2 N–H and O–H groups in total. The van der Waals surface area contributed by atoms with Crippen LogP contribution >= 0.6 is 24.0 Å². The number of rotatable bonds is 5. The number of carbonyl (C=O) groups is 1. The van der Waals surface area contributed by atoms with Crippen LogP contribution in [0.4, 0.5) is 4.79 Å². The van der Waals surface area contributed by atoms with Crippen LogP contribution in [0, 0.1) is 0 Å². The van der Waals surface area contributed by atoms with Crippen LogP contribution in [-0.4, -0.2) is 55.9 Å². The number of ether oxygens (including phenoxy) is 1. The van der Waals surface area contributed by atoms with Crippen molar-refractivity contribution in [3.63, 3.8) is 0 Å². The van der Waals surface area contributed by atoms with E-state index >= 15 is 0 Å². The average molecular weight is 437 g/mol. The second kappa shape index (κ2) is 9.32. The molecule has 0 spiro atoms. The van der Waals surface area contributed by atoms with E-state index in [9.17, 15) is 10.0 Å². The molecule has 2 amide bonds. The molecule has 7 nitrogen and oxygen atoms in total. The summed E-state index contributed by atoms with van der Waals surface area (Å²) in [6, 6.07) is 7.07. The van der Waals surface area contributed by atoms with E-state index in [1.807, 2.05) is 38.1 Å². The molecule has 0 radical (unpaired) electrons. The first-order chi connectivity index (χ1) is 13.8. The van der Waals surface area contributed by atoms with E-state index in [1.165, 1.54) is 23.2 Å². The average Bonchev–Trinajstić information content (AvgIpc) is 2.94. The van der Waals surface area contributed by atoms with Crippen LogP contribution < -0.4 is 10.1 Å². The lowest BCUT2D eigenvalue weighted by molar-refractivity contribution is -0.119. The highest BCUT2D eigenvalue weighted by Crippen LogP contribution is 2.42. The van der Waals surface area contributed by atoms with Crippen molar-refractivity contribution in [3.05, 3.63) is 29.8 Å². The second-order valence-electron chi connectivity index (χ2n) is 7.81. The Balaban J connectivity index is 1.78. The zero-order chi connectivity index (χ0) is 21.0. The van der Waals surface area contributed by atoms with Crippen LogP contribution in [-0.2, 0) is 0 Å². The number of hydrogen-bond acceptors (Lipinski definition) is 6. The van der Waals surface area contributed by atoms with Gasteiger partial charge in [0.1, 0.15) is 5.75 Å². The Morgan fingerprint density at radius 1 is 1.38 bits per heavy atom. The van der Waals surface area contributed by atoms with Gasteiger partial charge in [0, 0.05) is 11.6 Å². The van der Waals surface area contributed by atoms with E-state index in [0.29, 0.717) is 10.1 Å². The highest BCUT2D eigenvalue weighted by molar-refractivity contribution is 8.24. The first-order valence-corrected chi connectivity index (χ1v) is 11.0. The van der Waals surface area contributed by atoms with Gasteiger partial charge in [-0.15, -0.1) is 0 Å². The van der Waals surface area contributed by atoms with Crippen LogP contribution in [0.3, 0.4) is 0 Å². The number of nitrogens with zero attached hydrogens (tertiary/aromatic N) is 3. The number of nitrogens with one attached hydrogen (secondary N) is 1. The molecule has 1 heterocycles. The third kappa shape index (κ3) is 5.02. The predicted octanol–water partition coefficient (Wildman–Crippen LogP) is 4.20. The number of hydrogen-bond donors (Lipinski definition) is 2. The smallest absolute Gasteiger partial charge is 0.343 e. The summed E-state index contributed by atoms with van der Waals surface area (Å²) in [5, 5.41) is 20.5. The summed E-state index contributed by atoms with van der Waals surface area (Å²) in [4.78, 5) is 12.7. The molecule has 2 fully saturated rings. The maximum Gasteiger partial charge on any atom is 0.343 e. The third-order valence-corrected chi connectivity index (χ3v) is 6.76. The van der Waals surface area contributed by atoms with Crippen molar-refractivity contribution < 1.29 is 14.7 Å². The van der Waals surface area contributed by atoms with E-state index in [0.717, 1.165) is 36.3 Å². The fraction of sp³-hybridized carbons (Fsp3) is 0.550. The van der Waals surface area contributed by atoms with Gasteiger partial charge in [0.25, 0.3) is 0 Å². The molecule has 3 rings (SSSR count). The molecule has 9 heteroatoms. The van der Waals surface area contributed by atoms with Gasteiger partial charge in [0.15, 0.2) is 10.5 Å². The van der Waals surface area contributed by atoms with Crippen LogP contribution in [0.2, 0.25) is 0 Å². The van der Waals surface area contributed by atoms with Gasteiger partial charge in [-0.25, -0.2) is 9.80 Å². The topological polar surface area (TPSA) is 77.4 Å². The summed E-state index contributed by atoms with van der Waals surface area (Å²) in [6.07, 6.45) is 6.18. The molecule has 1 unspecified atom stereocenters. The summed E-state index contributed by atoms with van der Waals surface area (Å²) in [7, 11) is 1.60. The molecule has 1 aliphatic carbocycles. The lowest BCUT2D eigenvalue weighted by atomic mass is 9.96. The largest absolute Gasteiger partial charge is 0.496 e. The van der Waals surface area contributed by atoms with E-state index in [4.69, 9.17) is 17.0 Å². The number of thiocarbonyl (C=S) groups is 1. The van der Waals surface area contributed by atoms with Crippen molar-refractivity contribution >= 4 is 40.5 Å². The maximum atomic E-state index is 12.7. The van der Waals surface area contributed by atoms with Gasteiger partial charge in [-0.3, -0.25) is 5.21 Å². The van der Waals surface area contributed by atoms with Crippen LogP contribution in [0.25, 0.3) is 0 Å². The Hall–Kier alpha value is -1.84. The Morgan fingerprint density at radius 3 is 2.76 bits per heavy atom. The van der Waals surface area contributed by atoms with Crippen molar-refractivity contribution in [3.8, 4) is 5.75 Å². The minimum Gasteiger partial charge on any atom is -0.496 e. The van der Waals surface area contributed by atoms with E-state index < -0.39 is 16.9 Å². The number of para-hydroxylation sites is 1. The molecular formula is C20H28N4O3S2. The molecule has 1 aliphatic heterocycles. The highest BCUT2D eigenvalue weighted by atomic mass is 32.2. The lowest BCUT2D eigenvalue weighted by Gasteiger charge is -2.35. The third-order valence-electron chi connectivity index (χ3n) is 5.22. The first kappa shape index (κ1) is 21.9. The van der Waals surface area contributed by atoms with E-state index in [2.05, 4.69) is 10.4 Å². The Bertz CT molecular complexity index is 781. The molecule has 29 heavy (non-hydrogen) atoms. The number of thioether (sulfide) groups is 1. The fourth-order valence-electron chi connectivity index (χ4n) is 3.72. The van der Waals surface area contributed by atoms with Gasteiger partial charge in [-0.05, 0) is 38.8 Å². The number of hydrazone groups is 1. The lowest BCUT2D eigenvalue weighted by Crippen LogP contribution is -2.57. The van der Waals surface area contributed by atoms with Gasteiger partial charge in [-0.1, -0.05) is 55.4 Å². The van der Waals surface area contributed by atoms with Gasteiger partial charge < -0.3 is 10.1 Å². The Kier molecular flexibility index (Phi) is 7.02. The molecule has 0 aromatic heterocycles. The van der Waals surface area contributed by atoms with Crippen molar-refractivity contribution in [1.82, 2.24) is 15.4 Å². The Morgan fingerprint density at radius 2 is 2.07 bits per heavy atom. The Labute approximate surface area is 181 Å². The zero-order valence-corrected chi connectivity index (χ0v) is 18.6. The predicted molar refractivity (Wildman–Crippen MR) is 120 cm³/mol. The van der Waals surface area contributed by atoms with Crippen LogP contribution in [0.1, 0.15) is 51.5 Å². The number of carbonyl (C=O) groups excluding carboxylic acids is 1. The van der Waals surface area contributed by atoms with E-state index in [1.54, 1.807) is 13.3 Å². The van der Waals surface area contributed by atoms with Crippen molar-refractivity contribution in [1.29, 1.82) is 0 Å². The van der Waals surface area contributed by atoms with Gasteiger partial charge in [0.05, 0.1) is 18.1 Å². The summed E-state index contributed by atoms with van der Waals surface area (Å²) >= 11 is 6.89. The summed E-state index contributed by atoms with van der Waals surface area (Å²) in [6.45, 7) is 3.87. The number of amides is 2. The van der Waals surface area contributed by atoms with Crippen molar-refractivity contribution in [2.75, 3.05) is 7.11 Å². The zero-order valence-electron chi connectivity index (χ0n) is 17.0. The minimum absolute atomic E-state index is 0.0977. The molecule has 1 aromatic rings. The number of benzene rings is 1. The van der Waals surface area contributed by atoms with Crippen LogP contribution in [0.5, 0.6) is 5.75 Å². The highest BCUT2D eigenvalue weighted by Gasteiger charge is 2.50. The molecule has 158 valence electrons. The first-order valence-electron chi connectivity index (χ1n) is 9.81.